The van der Waals surface area contributed by atoms with Crippen LogP contribution in [-0.2, 0) is 0 Å². The molecule has 0 fully saturated rings. The zero-order valence-corrected chi connectivity index (χ0v) is 14.2. The number of aromatic amines is 1. The smallest absolute Gasteiger partial charge is 0.293 e. The Morgan fingerprint density at radius 1 is 1.17 bits per heavy atom. The van der Waals surface area contributed by atoms with Crippen molar-refractivity contribution in [2.24, 2.45) is 0 Å². The molecule has 2 amide bonds. The number of nitrogens with one attached hydrogen (secondary N) is 3. The van der Waals surface area contributed by atoms with Crippen LogP contribution in [0.3, 0.4) is 0 Å². The second-order valence-corrected chi connectivity index (χ2v) is 7.16. The molecule has 0 spiro atoms. The van der Waals surface area contributed by atoms with Gasteiger partial charge in [-0.3, -0.25) is 30.6 Å². The minimum Gasteiger partial charge on any atom is -0.345 e. The lowest BCUT2D eigenvalue weighted by molar-refractivity contribution is -0.383. The number of carbonyl (C=O) groups excluding carboxylic acids is 2. The summed E-state index contributed by atoms with van der Waals surface area (Å²) >= 11 is 4.47. The Morgan fingerprint density at radius 3 is 2.58 bits per heavy atom. The predicted molar refractivity (Wildman–Crippen MR) is 91.9 cm³/mol. The van der Waals surface area contributed by atoms with Gasteiger partial charge in [0, 0.05) is 11.5 Å². The zero-order valence-electron chi connectivity index (χ0n) is 11.8. The van der Waals surface area contributed by atoms with E-state index < -0.39 is 16.7 Å². The van der Waals surface area contributed by atoms with Gasteiger partial charge in [-0.05, 0) is 34.1 Å². The quantitative estimate of drug-likeness (QED) is 0.455. The van der Waals surface area contributed by atoms with Gasteiger partial charge in [-0.15, -0.1) is 11.3 Å². The number of fused-ring (bicyclic) bond motifs is 1. The topological polar surface area (TPSA) is 117 Å². The van der Waals surface area contributed by atoms with E-state index in [1.807, 2.05) is 0 Å². The Labute approximate surface area is 147 Å². The summed E-state index contributed by atoms with van der Waals surface area (Å²) in [7, 11) is 0. The largest absolute Gasteiger partial charge is 0.345 e. The van der Waals surface area contributed by atoms with E-state index in [1.54, 1.807) is 18.2 Å². The Balaban J connectivity index is 1.76. The van der Waals surface area contributed by atoms with Gasteiger partial charge in [-0.25, -0.2) is 0 Å². The van der Waals surface area contributed by atoms with Crippen LogP contribution in [0.5, 0.6) is 0 Å². The van der Waals surface area contributed by atoms with E-state index in [4.69, 9.17) is 0 Å². The van der Waals surface area contributed by atoms with E-state index in [2.05, 4.69) is 31.8 Å². The van der Waals surface area contributed by atoms with Crippen LogP contribution in [0.4, 0.5) is 5.69 Å². The highest BCUT2D eigenvalue weighted by Gasteiger charge is 2.17. The summed E-state index contributed by atoms with van der Waals surface area (Å²) in [5, 5.41) is 11.5. The molecule has 3 N–H and O–H groups in total. The fourth-order valence-electron chi connectivity index (χ4n) is 2.09. The number of hydrogen-bond donors (Lipinski definition) is 3. The molecule has 122 valence electrons. The molecule has 1 aromatic carbocycles. The number of nitrogens with zero attached hydrogens (tertiary/aromatic N) is 1. The third-order valence-electron chi connectivity index (χ3n) is 3.16. The maximum atomic E-state index is 12.1. The van der Waals surface area contributed by atoms with Crippen molar-refractivity contribution in [1.82, 2.24) is 15.8 Å². The molecule has 0 aliphatic heterocycles. The van der Waals surface area contributed by atoms with Crippen molar-refractivity contribution in [3.05, 3.63) is 60.9 Å². The van der Waals surface area contributed by atoms with Crippen LogP contribution < -0.4 is 10.9 Å². The summed E-state index contributed by atoms with van der Waals surface area (Å²) in [6, 6.07) is 9.34. The molecule has 0 atom stereocenters. The molecule has 0 radical (unpaired) electrons. The van der Waals surface area contributed by atoms with Gasteiger partial charge in [-0.2, -0.15) is 0 Å². The molecule has 0 saturated carbocycles. The van der Waals surface area contributed by atoms with E-state index >= 15 is 0 Å². The minimum atomic E-state index is -0.607. The van der Waals surface area contributed by atoms with Crippen LogP contribution in [-0.4, -0.2) is 21.7 Å². The SMILES string of the molecule is O=C(NNC(=O)c1ccc(Br)s1)c1cc2cccc([N+](=O)[O-])c2[nH]1. The van der Waals surface area contributed by atoms with Crippen molar-refractivity contribution < 1.29 is 14.5 Å². The number of nitro groups is 1. The first-order chi connectivity index (χ1) is 11.5. The molecule has 0 aliphatic carbocycles. The van der Waals surface area contributed by atoms with E-state index in [1.165, 1.54) is 29.5 Å². The summed E-state index contributed by atoms with van der Waals surface area (Å²) in [5.41, 5.74) is 4.79. The Kier molecular flexibility index (Phi) is 4.32. The standard InChI is InChI=1S/C14H9BrN4O4S/c15-11-5-4-10(24-11)14(21)18-17-13(20)8-6-7-2-1-3-9(19(22)23)12(7)16-8/h1-6,16H,(H,17,20)(H,18,21). The average Bonchev–Trinajstić information content (AvgIpc) is 3.17. The average molecular weight is 409 g/mol. The fraction of sp³-hybridized carbons (Fsp3) is 0. The number of non-ortho nitro benzene ring substituents is 1. The van der Waals surface area contributed by atoms with Gasteiger partial charge in [0.1, 0.15) is 11.2 Å². The van der Waals surface area contributed by atoms with E-state index in [0.29, 0.717) is 10.3 Å². The summed E-state index contributed by atoms with van der Waals surface area (Å²) < 4.78 is 0.793. The third-order valence-corrected chi connectivity index (χ3v) is 4.78. The first kappa shape index (κ1) is 16.1. The molecule has 2 aromatic heterocycles. The van der Waals surface area contributed by atoms with Gasteiger partial charge in [0.25, 0.3) is 17.5 Å². The summed E-state index contributed by atoms with van der Waals surface area (Å²) in [4.78, 5) is 37.6. The van der Waals surface area contributed by atoms with Crippen LogP contribution in [0.1, 0.15) is 20.2 Å². The number of para-hydroxylation sites is 1. The Morgan fingerprint density at radius 2 is 1.92 bits per heavy atom. The molecule has 10 heteroatoms. The summed E-state index contributed by atoms with van der Waals surface area (Å²) in [6.45, 7) is 0. The number of carbonyl (C=O) groups is 2. The van der Waals surface area contributed by atoms with Crippen molar-refractivity contribution in [3.63, 3.8) is 0 Å². The van der Waals surface area contributed by atoms with Gasteiger partial charge in [0.05, 0.1) is 13.6 Å². The number of hydrazine groups is 1. The molecular weight excluding hydrogens is 400 g/mol. The normalized spacial score (nSPS) is 10.5. The van der Waals surface area contributed by atoms with Crippen molar-refractivity contribution in [3.8, 4) is 0 Å². The van der Waals surface area contributed by atoms with Gasteiger partial charge >= 0.3 is 0 Å². The first-order valence-corrected chi connectivity index (χ1v) is 8.19. The number of benzene rings is 1. The molecule has 24 heavy (non-hydrogen) atoms. The highest BCUT2D eigenvalue weighted by molar-refractivity contribution is 9.11. The molecule has 0 saturated heterocycles. The summed E-state index contributed by atoms with van der Waals surface area (Å²) in [6.07, 6.45) is 0. The van der Waals surface area contributed by atoms with E-state index in [0.717, 1.165) is 3.79 Å². The maximum Gasteiger partial charge on any atom is 0.293 e. The second-order valence-electron chi connectivity index (χ2n) is 4.69. The monoisotopic (exact) mass is 408 g/mol. The van der Waals surface area contributed by atoms with Crippen molar-refractivity contribution >= 4 is 55.7 Å². The molecule has 8 nitrogen and oxygen atoms in total. The fourth-order valence-corrected chi connectivity index (χ4v) is 3.37. The highest BCUT2D eigenvalue weighted by Crippen LogP contribution is 2.25. The number of rotatable bonds is 3. The van der Waals surface area contributed by atoms with Crippen LogP contribution in [0.15, 0.2) is 40.2 Å². The van der Waals surface area contributed by atoms with Crippen molar-refractivity contribution in [2.45, 2.75) is 0 Å². The van der Waals surface area contributed by atoms with Gasteiger partial charge < -0.3 is 4.98 Å². The molecule has 2 heterocycles. The zero-order chi connectivity index (χ0) is 17.3. The highest BCUT2D eigenvalue weighted by atomic mass is 79.9. The van der Waals surface area contributed by atoms with Gasteiger partial charge in [0.15, 0.2) is 0 Å². The Hall–Kier alpha value is -2.72. The lowest BCUT2D eigenvalue weighted by Gasteiger charge is -2.04. The maximum absolute atomic E-state index is 12.1. The molecule has 0 bridgehead atoms. The molecule has 3 rings (SSSR count). The first-order valence-electron chi connectivity index (χ1n) is 6.58. The third kappa shape index (κ3) is 3.14. The number of halogens is 1. The lowest BCUT2D eigenvalue weighted by Crippen LogP contribution is -2.41. The molecule has 0 aliphatic rings. The number of thiophene rings is 1. The summed E-state index contributed by atoms with van der Waals surface area (Å²) in [5.74, 6) is -1.06. The van der Waals surface area contributed by atoms with E-state index in [-0.39, 0.29) is 16.9 Å². The Bertz CT molecular complexity index is 965. The van der Waals surface area contributed by atoms with E-state index in [9.17, 15) is 19.7 Å². The number of H-pyrrole nitrogens is 1. The predicted octanol–water partition coefficient (Wildman–Crippen LogP) is 2.97. The van der Waals surface area contributed by atoms with Crippen LogP contribution in [0.2, 0.25) is 0 Å². The second kappa shape index (κ2) is 6.42. The number of nitro benzene ring substituents is 1. The van der Waals surface area contributed by atoms with Gasteiger partial charge in [0.2, 0.25) is 0 Å². The van der Waals surface area contributed by atoms with Crippen molar-refractivity contribution in [2.75, 3.05) is 0 Å². The minimum absolute atomic E-state index is 0.104. The number of amides is 2. The molecular formula is C14H9BrN4O4S. The van der Waals surface area contributed by atoms with Crippen LogP contribution in [0.25, 0.3) is 10.9 Å². The van der Waals surface area contributed by atoms with Crippen LogP contribution >= 0.6 is 27.3 Å². The number of aromatic nitrogens is 1. The van der Waals surface area contributed by atoms with Crippen LogP contribution in [0, 0.1) is 10.1 Å². The molecule has 3 aromatic rings. The lowest BCUT2D eigenvalue weighted by atomic mass is 10.2. The van der Waals surface area contributed by atoms with Crippen molar-refractivity contribution in [1.29, 1.82) is 0 Å². The van der Waals surface area contributed by atoms with Gasteiger partial charge in [-0.1, -0.05) is 12.1 Å². The number of hydrogen-bond acceptors (Lipinski definition) is 5. The molecule has 0 unspecified atom stereocenters.